The minimum absolute atomic E-state index is 0.00889. The summed E-state index contributed by atoms with van der Waals surface area (Å²) in [6.07, 6.45) is 0.933. The molecule has 1 aliphatic rings. The van der Waals surface area contributed by atoms with E-state index in [2.05, 4.69) is 40.1 Å². The molecule has 0 unspecified atom stereocenters. The maximum Gasteiger partial charge on any atom is 0.262 e. The average Bonchev–Trinajstić information content (AvgIpc) is 2.73. The van der Waals surface area contributed by atoms with Gasteiger partial charge in [-0.25, -0.2) is 0 Å². The summed E-state index contributed by atoms with van der Waals surface area (Å²) in [5.74, 6) is 0.336. The zero-order valence-electron chi connectivity index (χ0n) is 16.8. The lowest BCUT2D eigenvalue weighted by atomic mass is 10.1. The summed E-state index contributed by atoms with van der Waals surface area (Å²) >= 11 is 3.47. The molecule has 1 saturated heterocycles. The Morgan fingerprint density at radius 2 is 1.86 bits per heavy atom. The van der Waals surface area contributed by atoms with E-state index in [9.17, 15) is 9.59 Å². The van der Waals surface area contributed by atoms with E-state index in [1.54, 1.807) is 24.3 Å². The van der Waals surface area contributed by atoms with Gasteiger partial charge in [-0.05, 0) is 65.3 Å². The van der Waals surface area contributed by atoms with Crippen LogP contribution in [-0.4, -0.2) is 61.4 Å². The molecular formula is C22H26BrN3O3. The number of hydrogen-bond acceptors (Lipinski definition) is 4. The third-order valence-electron chi connectivity index (χ3n) is 4.95. The molecule has 1 aliphatic heterocycles. The normalized spacial score (nSPS) is 14.5. The summed E-state index contributed by atoms with van der Waals surface area (Å²) in [6.45, 7) is 5.14. The molecule has 0 aliphatic carbocycles. The number of carbonyl (C=O) groups is 2. The van der Waals surface area contributed by atoms with Crippen LogP contribution >= 0.6 is 15.9 Å². The molecule has 154 valence electrons. The quantitative estimate of drug-likeness (QED) is 0.718. The number of ether oxygens (including phenoxy) is 1. The highest BCUT2D eigenvalue weighted by Gasteiger charge is 2.20. The molecule has 2 amide bonds. The van der Waals surface area contributed by atoms with Crippen molar-refractivity contribution in [1.29, 1.82) is 0 Å². The Morgan fingerprint density at radius 3 is 2.55 bits per heavy atom. The number of hydrogen-bond donors (Lipinski definition) is 1. The summed E-state index contributed by atoms with van der Waals surface area (Å²) in [4.78, 5) is 29.0. The second-order valence-corrected chi connectivity index (χ2v) is 7.99. The van der Waals surface area contributed by atoms with Crippen LogP contribution in [-0.2, 0) is 11.2 Å². The van der Waals surface area contributed by atoms with Gasteiger partial charge in [-0.1, -0.05) is 19.1 Å². The van der Waals surface area contributed by atoms with E-state index in [0.29, 0.717) is 30.1 Å². The Bertz CT molecular complexity index is 879. The van der Waals surface area contributed by atoms with Crippen molar-refractivity contribution in [2.24, 2.45) is 0 Å². The van der Waals surface area contributed by atoms with E-state index >= 15 is 0 Å². The molecule has 2 aromatic carbocycles. The monoisotopic (exact) mass is 459 g/mol. The van der Waals surface area contributed by atoms with Crippen LogP contribution < -0.4 is 10.1 Å². The molecule has 1 heterocycles. The SMILES string of the molecule is CCc1ccc(OCC(=O)Nc2cccc(C(=O)N3CCN(C)CC3)c2)c(Br)c1. The first kappa shape index (κ1) is 21.3. The molecule has 6 nitrogen and oxygen atoms in total. The van der Waals surface area contributed by atoms with Gasteiger partial charge < -0.3 is 19.9 Å². The highest BCUT2D eigenvalue weighted by atomic mass is 79.9. The molecule has 2 aromatic rings. The number of halogens is 1. The van der Waals surface area contributed by atoms with Gasteiger partial charge in [0.1, 0.15) is 5.75 Å². The second kappa shape index (κ2) is 9.89. The standard InChI is InChI=1S/C22H26BrN3O3/c1-3-16-7-8-20(19(23)13-16)29-15-21(27)24-18-6-4-5-17(14-18)22(28)26-11-9-25(2)10-12-26/h4-8,13-14H,3,9-12,15H2,1-2H3,(H,24,27). The Hall–Kier alpha value is -2.38. The number of carbonyl (C=O) groups excluding carboxylic acids is 2. The minimum Gasteiger partial charge on any atom is -0.483 e. The van der Waals surface area contributed by atoms with Crippen LogP contribution in [0.4, 0.5) is 5.69 Å². The largest absolute Gasteiger partial charge is 0.483 e. The first-order chi connectivity index (χ1) is 14.0. The van der Waals surface area contributed by atoms with Gasteiger partial charge in [0.05, 0.1) is 4.47 Å². The molecular weight excluding hydrogens is 434 g/mol. The molecule has 1 fully saturated rings. The first-order valence-corrected chi connectivity index (χ1v) is 10.5. The van der Waals surface area contributed by atoms with Crippen LogP contribution in [0.5, 0.6) is 5.75 Å². The van der Waals surface area contributed by atoms with Gasteiger partial charge in [-0.2, -0.15) is 0 Å². The Balaban J connectivity index is 1.57. The third kappa shape index (κ3) is 5.81. The lowest BCUT2D eigenvalue weighted by Crippen LogP contribution is -2.47. The zero-order chi connectivity index (χ0) is 20.8. The van der Waals surface area contributed by atoms with E-state index in [1.165, 1.54) is 5.56 Å². The fourth-order valence-electron chi connectivity index (χ4n) is 3.14. The van der Waals surface area contributed by atoms with Crippen molar-refractivity contribution in [2.45, 2.75) is 13.3 Å². The van der Waals surface area contributed by atoms with Gasteiger partial charge in [-0.15, -0.1) is 0 Å². The molecule has 0 saturated carbocycles. The van der Waals surface area contributed by atoms with Crippen molar-refractivity contribution in [3.63, 3.8) is 0 Å². The number of nitrogens with zero attached hydrogens (tertiary/aromatic N) is 2. The van der Waals surface area contributed by atoms with Crippen molar-refractivity contribution >= 4 is 33.4 Å². The number of aryl methyl sites for hydroxylation is 1. The van der Waals surface area contributed by atoms with Gasteiger partial charge in [0, 0.05) is 37.4 Å². The lowest BCUT2D eigenvalue weighted by Gasteiger charge is -2.32. The Kier molecular flexibility index (Phi) is 7.28. The fraction of sp³-hybridized carbons (Fsp3) is 0.364. The Labute approximate surface area is 180 Å². The molecule has 29 heavy (non-hydrogen) atoms. The maximum absolute atomic E-state index is 12.7. The minimum atomic E-state index is -0.277. The predicted molar refractivity (Wildman–Crippen MR) is 117 cm³/mol. The Morgan fingerprint density at radius 1 is 1.10 bits per heavy atom. The fourth-order valence-corrected chi connectivity index (χ4v) is 3.68. The number of benzene rings is 2. The van der Waals surface area contributed by atoms with Crippen LogP contribution in [0, 0.1) is 0 Å². The predicted octanol–water partition coefficient (Wildman–Crippen LogP) is 3.42. The van der Waals surface area contributed by atoms with E-state index < -0.39 is 0 Å². The van der Waals surface area contributed by atoms with Crippen molar-refractivity contribution in [2.75, 3.05) is 45.2 Å². The number of nitrogens with one attached hydrogen (secondary N) is 1. The van der Waals surface area contributed by atoms with E-state index in [4.69, 9.17) is 4.74 Å². The topological polar surface area (TPSA) is 61.9 Å². The van der Waals surface area contributed by atoms with Crippen molar-refractivity contribution in [3.8, 4) is 5.75 Å². The van der Waals surface area contributed by atoms with E-state index in [-0.39, 0.29) is 18.4 Å². The van der Waals surface area contributed by atoms with Gasteiger partial charge in [0.25, 0.3) is 11.8 Å². The number of rotatable bonds is 6. The van der Waals surface area contributed by atoms with Crippen molar-refractivity contribution < 1.29 is 14.3 Å². The highest BCUT2D eigenvalue weighted by Crippen LogP contribution is 2.26. The van der Waals surface area contributed by atoms with E-state index in [1.807, 2.05) is 23.1 Å². The molecule has 1 N–H and O–H groups in total. The average molecular weight is 460 g/mol. The molecule has 0 bridgehead atoms. The summed E-state index contributed by atoms with van der Waals surface area (Å²) in [5.41, 5.74) is 2.35. The van der Waals surface area contributed by atoms with Crippen LogP contribution in [0.1, 0.15) is 22.8 Å². The number of amides is 2. The number of likely N-dealkylation sites (N-methyl/N-ethyl adjacent to an activating group) is 1. The molecule has 0 aromatic heterocycles. The second-order valence-electron chi connectivity index (χ2n) is 7.13. The van der Waals surface area contributed by atoms with E-state index in [0.717, 1.165) is 24.0 Å². The summed E-state index contributed by atoms with van der Waals surface area (Å²) in [6, 6.07) is 12.9. The lowest BCUT2D eigenvalue weighted by molar-refractivity contribution is -0.118. The van der Waals surface area contributed by atoms with Crippen LogP contribution in [0.25, 0.3) is 0 Å². The van der Waals surface area contributed by atoms with Crippen molar-refractivity contribution in [3.05, 3.63) is 58.1 Å². The molecule has 0 radical (unpaired) electrons. The van der Waals surface area contributed by atoms with Crippen LogP contribution in [0.3, 0.4) is 0 Å². The highest BCUT2D eigenvalue weighted by molar-refractivity contribution is 9.10. The van der Waals surface area contributed by atoms with Gasteiger partial charge in [-0.3, -0.25) is 9.59 Å². The maximum atomic E-state index is 12.7. The van der Waals surface area contributed by atoms with Crippen LogP contribution in [0.2, 0.25) is 0 Å². The molecule has 0 atom stereocenters. The molecule has 7 heteroatoms. The van der Waals surface area contributed by atoms with Gasteiger partial charge in [0.2, 0.25) is 0 Å². The third-order valence-corrected chi connectivity index (χ3v) is 5.57. The summed E-state index contributed by atoms with van der Waals surface area (Å²) in [7, 11) is 2.05. The summed E-state index contributed by atoms with van der Waals surface area (Å²) < 4.78 is 6.44. The van der Waals surface area contributed by atoms with Crippen molar-refractivity contribution in [1.82, 2.24) is 9.80 Å². The van der Waals surface area contributed by atoms with Gasteiger partial charge in [0.15, 0.2) is 6.61 Å². The molecule has 3 rings (SSSR count). The smallest absolute Gasteiger partial charge is 0.262 e. The summed E-state index contributed by atoms with van der Waals surface area (Å²) in [5, 5.41) is 2.80. The number of anilines is 1. The number of piperazine rings is 1. The first-order valence-electron chi connectivity index (χ1n) is 9.75. The van der Waals surface area contributed by atoms with Crippen LogP contribution in [0.15, 0.2) is 46.9 Å². The zero-order valence-corrected chi connectivity index (χ0v) is 18.4. The molecule has 0 spiro atoms. The van der Waals surface area contributed by atoms with Gasteiger partial charge >= 0.3 is 0 Å².